The zero-order chi connectivity index (χ0) is 12.5. The van der Waals surface area contributed by atoms with Gasteiger partial charge in [0.1, 0.15) is 0 Å². The van der Waals surface area contributed by atoms with E-state index in [0.29, 0.717) is 0 Å². The molecule has 0 aromatic heterocycles. The molecule has 0 aromatic rings. The fourth-order valence-corrected chi connectivity index (χ4v) is 4.40. The molecule has 2 nitrogen and oxygen atoms in total. The second-order valence-corrected chi connectivity index (χ2v) is 7.26. The van der Waals surface area contributed by atoms with Crippen LogP contribution in [-0.2, 0) is 0 Å². The van der Waals surface area contributed by atoms with Gasteiger partial charge in [0.05, 0.1) is 0 Å². The van der Waals surface area contributed by atoms with Crippen LogP contribution in [0.2, 0.25) is 0 Å². The average Bonchev–Trinajstić information content (AvgIpc) is 2.79. The minimum Gasteiger partial charge on any atom is -0.310 e. The number of likely N-dealkylation sites (tertiary alicyclic amines) is 1. The van der Waals surface area contributed by atoms with Gasteiger partial charge in [0.25, 0.3) is 0 Å². The topological polar surface area (TPSA) is 15.3 Å². The van der Waals surface area contributed by atoms with E-state index in [1.165, 1.54) is 58.0 Å². The minimum atomic E-state index is 0.768. The summed E-state index contributed by atoms with van der Waals surface area (Å²) >= 11 is 0. The molecule has 0 bridgehead atoms. The molecule has 2 heteroatoms. The van der Waals surface area contributed by atoms with Gasteiger partial charge in [0.15, 0.2) is 0 Å². The summed E-state index contributed by atoms with van der Waals surface area (Å²) in [4.78, 5) is 2.80. The first-order valence-corrected chi connectivity index (χ1v) is 8.22. The third-order valence-corrected chi connectivity index (χ3v) is 5.56. The molecule has 0 amide bonds. The molecule has 3 fully saturated rings. The molecule has 18 heavy (non-hydrogen) atoms. The van der Waals surface area contributed by atoms with Gasteiger partial charge < -0.3 is 5.32 Å². The Hall–Kier alpha value is -0.0800. The molecule has 3 aliphatic rings. The quantitative estimate of drug-likeness (QED) is 0.828. The van der Waals surface area contributed by atoms with E-state index in [1.807, 2.05) is 0 Å². The molecule has 3 rings (SSSR count). The zero-order valence-electron chi connectivity index (χ0n) is 12.2. The van der Waals surface area contributed by atoms with Crippen molar-refractivity contribution in [3.63, 3.8) is 0 Å². The Morgan fingerprint density at radius 2 is 1.67 bits per heavy atom. The molecule has 1 N–H and O–H groups in total. The molecular formula is C16H30N2. The van der Waals surface area contributed by atoms with Crippen LogP contribution in [0.15, 0.2) is 0 Å². The number of nitrogens with one attached hydrogen (secondary N) is 1. The maximum Gasteiger partial charge on any atom is 0.0200 e. The van der Waals surface area contributed by atoms with Crippen LogP contribution in [0.25, 0.3) is 0 Å². The van der Waals surface area contributed by atoms with Crippen molar-refractivity contribution in [1.29, 1.82) is 0 Å². The van der Waals surface area contributed by atoms with Crippen molar-refractivity contribution in [1.82, 2.24) is 10.2 Å². The minimum absolute atomic E-state index is 0.768. The van der Waals surface area contributed by atoms with Crippen LogP contribution >= 0.6 is 0 Å². The number of piperidine rings is 1. The van der Waals surface area contributed by atoms with E-state index < -0.39 is 0 Å². The van der Waals surface area contributed by atoms with E-state index in [2.05, 4.69) is 24.1 Å². The second kappa shape index (κ2) is 5.50. The molecule has 1 saturated heterocycles. The standard InChI is InChI=1S/C16H30N2/c1-12-9-15(17-14-5-3-4-6-14)11-18(10-12)16-8-7-13(16)2/h12-17H,3-11H2,1-2H3. The van der Waals surface area contributed by atoms with Crippen molar-refractivity contribution in [2.75, 3.05) is 13.1 Å². The van der Waals surface area contributed by atoms with Crippen LogP contribution in [0.5, 0.6) is 0 Å². The van der Waals surface area contributed by atoms with Gasteiger partial charge >= 0.3 is 0 Å². The van der Waals surface area contributed by atoms with Crippen LogP contribution in [-0.4, -0.2) is 36.1 Å². The Balaban J connectivity index is 1.54. The fraction of sp³-hybridized carbons (Fsp3) is 1.00. The van der Waals surface area contributed by atoms with E-state index in [-0.39, 0.29) is 0 Å². The Kier molecular flexibility index (Phi) is 3.95. The first kappa shape index (κ1) is 12.9. The predicted molar refractivity (Wildman–Crippen MR) is 76.7 cm³/mol. The van der Waals surface area contributed by atoms with Gasteiger partial charge in [-0.25, -0.2) is 0 Å². The van der Waals surface area contributed by atoms with E-state index >= 15 is 0 Å². The highest BCUT2D eigenvalue weighted by Gasteiger charge is 2.36. The number of nitrogens with zero attached hydrogens (tertiary/aromatic N) is 1. The molecule has 1 heterocycles. The zero-order valence-corrected chi connectivity index (χ0v) is 12.2. The molecular weight excluding hydrogens is 220 g/mol. The second-order valence-electron chi connectivity index (χ2n) is 7.26. The van der Waals surface area contributed by atoms with Gasteiger partial charge in [-0.2, -0.15) is 0 Å². The molecule has 2 saturated carbocycles. The summed E-state index contributed by atoms with van der Waals surface area (Å²) in [6.45, 7) is 7.54. The summed E-state index contributed by atoms with van der Waals surface area (Å²) in [5.41, 5.74) is 0. The lowest BCUT2D eigenvalue weighted by molar-refractivity contribution is 0.0246. The lowest BCUT2D eigenvalue weighted by atomic mass is 9.78. The number of hydrogen-bond acceptors (Lipinski definition) is 2. The van der Waals surface area contributed by atoms with Crippen molar-refractivity contribution in [3.8, 4) is 0 Å². The van der Waals surface area contributed by atoms with Gasteiger partial charge in [0, 0.05) is 31.2 Å². The third-order valence-electron chi connectivity index (χ3n) is 5.56. The highest BCUT2D eigenvalue weighted by molar-refractivity contribution is 4.93. The number of hydrogen-bond donors (Lipinski definition) is 1. The van der Waals surface area contributed by atoms with E-state index in [1.54, 1.807) is 0 Å². The van der Waals surface area contributed by atoms with Gasteiger partial charge in [0.2, 0.25) is 0 Å². The van der Waals surface area contributed by atoms with Crippen LogP contribution in [0.4, 0.5) is 0 Å². The molecule has 1 aliphatic heterocycles. The van der Waals surface area contributed by atoms with E-state index in [9.17, 15) is 0 Å². The Bertz CT molecular complexity index is 272. The Morgan fingerprint density at radius 1 is 0.889 bits per heavy atom. The van der Waals surface area contributed by atoms with Gasteiger partial charge in [-0.15, -0.1) is 0 Å². The summed E-state index contributed by atoms with van der Waals surface area (Å²) in [5, 5.41) is 3.95. The fourth-order valence-electron chi connectivity index (χ4n) is 4.40. The van der Waals surface area contributed by atoms with Crippen LogP contribution in [0, 0.1) is 11.8 Å². The van der Waals surface area contributed by atoms with Crippen molar-refractivity contribution in [3.05, 3.63) is 0 Å². The van der Waals surface area contributed by atoms with Crippen molar-refractivity contribution in [2.24, 2.45) is 11.8 Å². The van der Waals surface area contributed by atoms with E-state index in [4.69, 9.17) is 0 Å². The molecule has 4 unspecified atom stereocenters. The molecule has 104 valence electrons. The summed E-state index contributed by atoms with van der Waals surface area (Å²) < 4.78 is 0. The average molecular weight is 250 g/mol. The summed E-state index contributed by atoms with van der Waals surface area (Å²) in [5.74, 6) is 1.83. The lowest BCUT2D eigenvalue weighted by Crippen LogP contribution is -2.57. The van der Waals surface area contributed by atoms with Gasteiger partial charge in [-0.1, -0.05) is 26.7 Å². The Labute approximate surface area is 113 Å². The summed E-state index contributed by atoms with van der Waals surface area (Å²) in [6, 6.07) is 2.51. The van der Waals surface area contributed by atoms with Crippen LogP contribution < -0.4 is 5.32 Å². The molecule has 0 aromatic carbocycles. The molecule has 2 aliphatic carbocycles. The highest BCUT2D eigenvalue weighted by atomic mass is 15.2. The smallest absolute Gasteiger partial charge is 0.0200 e. The Morgan fingerprint density at radius 3 is 2.28 bits per heavy atom. The SMILES string of the molecule is CC1CC(NC2CCCC2)CN(C2CCC2C)C1. The largest absolute Gasteiger partial charge is 0.310 e. The monoisotopic (exact) mass is 250 g/mol. The van der Waals surface area contributed by atoms with Crippen molar-refractivity contribution in [2.45, 2.75) is 76.9 Å². The van der Waals surface area contributed by atoms with Crippen molar-refractivity contribution < 1.29 is 0 Å². The van der Waals surface area contributed by atoms with Crippen LogP contribution in [0.3, 0.4) is 0 Å². The summed E-state index contributed by atoms with van der Waals surface area (Å²) in [7, 11) is 0. The van der Waals surface area contributed by atoms with Gasteiger partial charge in [-0.3, -0.25) is 4.90 Å². The highest BCUT2D eigenvalue weighted by Crippen LogP contribution is 2.34. The van der Waals surface area contributed by atoms with E-state index in [0.717, 1.165) is 30.0 Å². The first-order valence-electron chi connectivity index (χ1n) is 8.22. The predicted octanol–water partition coefficient (Wildman–Crippen LogP) is 3.03. The maximum absolute atomic E-state index is 3.95. The molecule has 0 spiro atoms. The third kappa shape index (κ3) is 2.75. The maximum atomic E-state index is 3.95. The first-order chi connectivity index (χ1) is 8.72. The molecule has 0 radical (unpaired) electrons. The van der Waals surface area contributed by atoms with Crippen molar-refractivity contribution >= 4 is 0 Å². The number of rotatable bonds is 3. The lowest BCUT2D eigenvalue weighted by Gasteiger charge is -2.48. The normalized spacial score (nSPS) is 43.0. The summed E-state index contributed by atoms with van der Waals surface area (Å²) in [6.07, 6.45) is 10.0. The molecule has 4 atom stereocenters. The van der Waals surface area contributed by atoms with Gasteiger partial charge in [-0.05, 0) is 43.9 Å². The van der Waals surface area contributed by atoms with Crippen LogP contribution in [0.1, 0.15) is 58.8 Å².